The number of carbonyl (C=O) groups excluding carboxylic acids is 1. The summed E-state index contributed by atoms with van der Waals surface area (Å²) in [6.07, 6.45) is 1.43. The van der Waals surface area contributed by atoms with E-state index in [0.717, 1.165) is 33.9 Å². The molecule has 0 saturated heterocycles. The van der Waals surface area contributed by atoms with Crippen molar-refractivity contribution >= 4 is 17.9 Å². The Morgan fingerprint density at radius 2 is 2.12 bits per heavy atom. The number of pyridine rings is 1. The van der Waals surface area contributed by atoms with E-state index in [9.17, 15) is 4.79 Å². The van der Waals surface area contributed by atoms with Crippen LogP contribution in [0.2, 0.25) is 0 Å². The lowest BCUT2D eigenvalue weighted by Gasteiger charge is -2.15. The van der Waals surface area contributed by atoms with Gasteiger partial charge in [0.2, 0.25) is 5.95 Å². The molecular weight excluding hydrogens is 320 g/mol. The number of nitrogen functional groups attached to an aromatic ring is 1. The Bertz CT molecular complexity index is 821. The number of ether oxygens (including phenoxy) is 1. The summed E-state index contributed by atoms with van der Waals surface area (Å²) < 4.78 is 5.09. The molecule has 1 aliphatic heterocycles. The lowest BCUT2D eigenvalue weighted by atomic mass is 10.0. The zero-order valence-corrected chi connectivity index (χ0v) is 14.9. The molecule has 0 atom stereocenters. The maximum Gasteiger partial charge on any atom is 0.410 e. The standard InChI is InChI=1S/C17H22N6O2/c1-5-25-17(24)23-8-12-13(9-23)20-16(18)21-15(12)11-7-19-14(22(3)4)6-10(11)2/h6-7H,5,8-9H2,1-4H3,(H2,18,20,21). The Balaban J connectivity index is 2.02. The van der Waals surface area contributed by atoms with Gasteiger partial charge in [-0.25, -0.2) is 19.7 Å². The van der Waals surface area contributed by atoms with E-state index in [4.69, 9.17) is 10.5 Å². The predicted octanol–water partition coefficient (Wildman–Crippen LogP) is 1.97. The summed E-state index contributed by atoms with van der Waals surface area (Å²) >= 11 is 0. The third-order valence-electron chi connectivity index (χ3n) is 4.14. The van der Waals surface area contributed by atoms with Gasteiger partial charge in [0.25, 0.3) is 0 Å². The van der Waals surface area contributed by atoms with E-state index in [0.29, 0.717) is 19.7 Å². The summed E-state index contributed by atoms with van der Waals surface area (Å²) in [5, 5.41) is 0. The SMILES string of the molecule is CCOC(=O)N1Cc2nc(N)nc(-c3cnc(N(C)C)cc3C)c2C1. The summed E-state index contributed by atoms with van der Waals surface area (Å²) in [5.74, 6) is 1.06. The summed E-state index contributed by atoms with van der Waals surface area (Å²) in [6.45, 7) is 4.90. The predicted molar refractivity (Wildman–Crippen MR) is 95.0 cm³/mol. The zero-order chi connectivity index (χ0) is 18.1. The van der Waals surface area contributed by atoms with Crippen molar-refractivity contribution in [3.8, 4) is 11.3 Å². The Kier molecular flexibility index (Phi) is 4.43. The van der Waals surface area contributed by atoms with Crippen LogP contribution in [0, 0.1) is 6.92 Å². The third-order valence-corrected chi connectivity index (χ3v) is 4.14. The fourth-order valence-corrected chi connectivity index (χ4v) is 2.87. The monoisotopic (exact) mass is 342 g/mol. The van der Waals surface area contributed by atoms with E-state index >= 15 is 0 Å². The molecule has 2 N–H and O–H groups in total. The number of amides is 1. The molecule has 0 unspecified atom stereocenters. The van der Waals surface area contributed by atoms with Gasteiger partial charge < -0.3 is 15.4 Å². The van der Waals surface area contributed by atoms with Crippen LogP contribution in [-0.4, -0.2) is 46.6 Å². The fourth-order valence-electron chi connectivity index (χ4n) is 2.87. The van der Waals surface area contributed by atoms with Gasteiger partial charge in [-0.15, -0.1) is 0 Å². The number of carbonyl (C=O) groups is 1. The van der Waals surface area contributed by atoms with Crippen molar-refractivity contribution in [2.24, 2.45) is 0 Å². The fraction of sp³-hybridized carbons (Fsp3) is 0.412. The quantitative estimate of drug-likeness (QED) is 0.910. The van der Waals surface area contributed by atoms with Crippen LogP contribution in [0.4, 0.5) is 16.6 Å². The molecule has 0 fully saturated rings. The van der Waals surface area contributed by atoms with Crippen molar-refractivity contribution in [1.82, 2.24) is 19.9 Å². The van der Waals surface area contributed by atoms with Gasteiger partial charge in [0, 0.05) is 31.4 Å². The number of aryl methyl sites for hydroxylation is 1. The minimum atomic E-state index is -0.358. The van der Waals surface area contributed by atoms with Gasteiger partial charge in [-0.05, 0) is 25.5 Å². The number of nitrogens with two attached hydrogens (primary N) is 1. The van der Waals surface area contributed by atoms with E-state index < -0.39 is 0 Å². The summed E-state index contributed by atoms with van der Waals surface area (Å²) in [5.41, 5.74) is 10.2. The van der Waals surface area contributed by atoms with Crippen LogP contribution in [-0.2, 0) is 17.8 Å². The Hall–Kier alpha value is -2.90. The third kappa shape index (κ3) is 3.19. The number of rotatable bonds is 3. The lowest BCUT2D eigenvalue weighted by Crippen LogP contribution is -2.26. The average Bonchev–Trinajstić information content (AvgIpc) is 2.98. The summed E-state index contributed by atoms with van der Waals surface area (Å²) in [7, 11) is 3.89. The molecule has 1 amide bonds. The number of nitrogens with zero attached hydrogens (tertiary/aromatic N) is 5. The second-order valence-corrected chi connectivity index (χ2v) is 6.16. The highest BCUT2D eigenvalue weighted by atomic mass is 16.6. The molecule has 2 aromatic heterocycles. The Morgan fingerprint density at radius 1 is 1.36 bits per heavy atom. The van der Waals surface area contributed by atoms with Crippen LogP contribution >= 0.6 is 0 Å². The normalized spacial score (nSPS) is 12.9. The van der Waals surface area contributed by atoms with Crippen LogP contribution in [0.25, 0.3) is 11.3 Å². The van der Waals surface area contributed by atoms with Gasteiger partial charge >= 0.3 is 6.09 Å². The number of aromatic nitrogens is 3. The van der Waals surface area contributed by atoms with E-state index in [1.807, 2.05) is 32.0 Å². The first-order valence-corrected chi connectivity index (χ1v) is 8.12. The molecule has 3 rings (SSSR count). The van der Waals surface area contributed by atoms with Gasteiger partial charge in [0.1, 0.15) is 5.82 Å². The maximum absolute atomic E-state index is 12.0. The maximum atomic E-state index is 12.0. The molecule has 8 heteroatoms. The van der Waals surface area contributed by atoms with E-state index in [2.05, 4.69) is 15.0 Å². The van der Waals surface area contributed by atoms with Crippen molar-refractivity contribution in [3.63, 3.8) is 0 Å². The van der Waals surface area contributed by atoms with Crippen molar-refractivity contribution in [3.05, 3.63) is 29.1 Å². The second-order valence-electron chi connectivity index (χ2n) is 6.16. The molecule has 0 spiro atoms. The highest BCUT2D eigenvalue weighted by Crippen LogP contribution is 2.33. The zero-order valence-electron chi connectivity index (χ0n) is 14.9. The van der Waals surface area contributed by atoms with Crippen LogP contribution < -0.4 is 10.6 Å². The number of fused-ring (bicyclic) bond motifs is 1. The van der Waals surface area contributed by atoms with Crippen LogP contribution in [0.15, 0.2) is 12.3 Å². The van der Waals surface area contributed by atoms with Crippen molar-refractivity contribution in [1.29, 1.82) is 0 Å². The molecule has 0 aliphatic carbocycles. The van der Waals surface area contributed by atoms with Crippen LogP contribution in [0.1, 0.15) is 23.7 Å². The number of hydrogen-bond donors (Lipinski definition) is 1. The first-order valence-electron chi connectivity index (χ1n) is 8.12. The minimum absolute atomic E-state index is 0.190. The largest absolute Gasteiger partial charge is 0.450 e. The molecule has 0 bridgehead atoms. The van der Waals surface area contributed by atoms with Gasteiger partial charge in [-0.1, -0.05) is 0 Å². The lowest BCUT2D eigenvalue weighted by molar-refractivity contribution is 0.106. The Labute approximate surface area is 146 Å². The molecule has 0 saturated carbocycles. The molecule has 25 heavy (non-hydrogen) atoms. The Morgan fingerprint density at radius 3 is 2.76 bits per heavy atom. The second kappa shape index (κ2) is 6.54. The highest BCUT2D eigenvalue weighted by molar-refractivity contribution is 5.73. The average molecular weight is 342 g/mol. The minimum Gasteiger partial charge on any atom is -0.450 e. The van der Waals surface area contributed by atoms with Crippen LogP contribution in [0.5, 0.6) is 0 Å². The molecule has 3 heterocycles. The molecular formula is C17H22N6O2. The van der Waals surface area contributed by atoms with Crippen molar-refractivity contribution < 1.29 is 9.53 Å². The van der Waals surface area contributed by atoms with Crippen molar-refractivity contribution in [2.75, 3.05) is 31.3 Å². The summed E-state index contributed by atoms with van der Waals surface area (Å²) in [4.78, 5) is 28.8. The first-order chi connectivity index (χ1) is 11.9. The molecule has 1 aliphatic rings. The molecule has 2 aromatic rings. The molecule has 0 radical (unpaired) electrons. The summed E-state index contributed by atoms with van der Waals surface area (Å²) in [6, 6.07) is 2.00. The topological polar surface area (TPSA) is 97.5 Å². The van der Waals surface area contributed by atoms with Crippen molar-refractivity contribution in [2.45, 2.75) is 26.9 Å². The van der Waals surface area contributed by atoms with E-state index in [1.54, 1.807) is 18.0 Å². The number of anilines is 2. The van der Waals surface area contributed by atoms with E-state index in [-0.39, 0.29) is 12.0 Å². The smallest absolute Gasteiger partial charge is 0.410 e. The highest BCUT2D eigenvalue weighted by Gasteiger charge is 2.29. The molecule has 132 valence electrons. The van der Waals surface area contributed by atoms with E-state index in [1.165, 1.54) is 0 Å². The van der Waals surface area contributed by atoms with Gasteiger partial charge in [-0.2, -0.15) is 0 Å². The van der Waals surface area contributed by atoms with Gasteiger partial charge in [-0.3, -0.25) is 4.90 Å². The number of hydrogen-bond acceptors (Lipinski definition) is 7. The van der Waals surface area contributed by atoms with Crippen LogP contribution in [0.3, 0.4) is 0 Å². The first kappa shape index (κ1) is 16.9. The van der Waals surface area contributed by atoms with Gasteiger partial charge in [0.15, 0.2) is 0 Å². The molecule has 0 aromatic carbocycles. The molecule has 8 nitrogen and oxygen atoms in total. The van der Waals surface area contributed by atoms with Gasteiger partial charge in [0.05, 0.1) is 31.1 Å².